The number of sulfonamides is 1. The molecule has 3 aliphatic rings. The number of carbonyl (C=O) groups excluding carboxylic acids is 5. The number of methoxy groups -OCH3 is 1. The maximum absolute atomic E-state index is 13.8. The fourth-order valence-corrected chi connectivity index (χ4v) is 7.07. The van der Waals surface area contributed by atoms with Crippen LogP contribution in [0.1, 0.15) is 88.9 Å². The van der Waals surface area contributed by atoms with Crippen LogP contribution in [0.25, 0.3) is 0 Å². The van der Waals surface area contributed by atoms with E-state index in [4.69, 9.17) is 19.9 Å². The summed E-state index contributed by atoms with van der Waals surface area (Å²) >= 11 is 0. The molecule has 0 aromatic heterocycles. The lowest BCUT2D eigenvalue weighted by Gasteiger charge is -2.28. The number of benzene rings is 1. The largest absolute Gasteiger partial charge is 0.497 e. The first-order chi connectivity index (χ1) is 23.1. The number of carbonyl (C=O) groups is 5. The summed E-state index contributed by atoms with van der Waals surface area (Å²) in [5.74, 6) is -2.07. The number of likely N-dealkylation sites (tertiary alicyclic amines) is 1. The van der Waals surface area contributed by atoms with Gasteiger partial charge in [-0.15, -0.1) is 0 Å². The highest BCUT2D eigenvalue weighted by Crippen LogP contribution is 2.40. The molecule has 49 heavy (non-hydrogen) atoms. The van der Waals surface area contributed by atoms with Gasteiger partial charge in [0.05, 0.1) is 24.5 Å². The Bertz CT molecular complexity index is 1520. The first-order valence-corrected chi connectivity index (χ1v) is 18.3. The van der Waals surface area contributed by atoms with Crippen LogP contribution in [0.5, 0.6) is 5.75 Å². The number of hydrogen-bond donors (Lipinski definition) is 3. The number of esters is 1. The van der Waals surface area contributed by atoms with E-state index in [2.05, 4.69) is 10.0 Å². The Balaban J connectivity index is 1.28. The monoisotopic (exact) mass is 704 g/mol. The standard InChI is InChI=1S/C34H48N4O10S/c1-34(2,3)48-33(43)36-27(11-9-7-5-6-8-10-22-18-26(22)30(40)37-49(44,45)25-16-17-25)31(41)38-20-24(19-28(38)29(35)39)47-32(42)21-12-14-23(46-4)15-13-21/h8,10,12-15,22,24-28H,5-7,9,11,16-20H2,1-4H3,(H2,35,39)(H,36,43)(H,37,40)/b10-8-/t22-,24-,26+,27+,28+/m1/s1. The van der Waals surface area contributed by atoms with E-state index in [9.17, 15) is 32.4 Å². The molecule has 4 rings (SSSR count). The third-order valence-corrected chi connectivity index (χ3v) is 10.4. The van der Waals surface area contributed by atoms with Crippen LogP contribution in [0.4, 0.5) is 4.79 Å². The van der Waals surface area contributed by atoms with Gasteiger partial charge in [-0.25, -0.2) is 18.0 Å². The van der Waals surface area contributed by atoms with E-state index in [1.54, 1.807) is 45.0 Å². The second-order valence-electron chi connectivity index (χ2n) is 13.9. The number of rotatable bonds is 16. The summed E-state index contributed by atoms with van der Waals surface area (Å²) < 4.78 is 42.3. The average molecular weight is 705 g/mol. The lowest BCUT2D eigenvalue weighted by atomic mass is 10.0. The molecule has 2 saturated carbocycles. The number of nitrogens with two attached hydrogens (primary N) is 1. The Labute approximate surface area is 287 Å². The maximum atomic E-state index is 13.8. The zero-order valence-corrected chi connectivity index (χ0v) is 29.3. The molecule has 0 unspecified atom stereocenters. The maximum Gasteiger partial charge on any atom is 0.408 e. The number of nitrogens with zero attached hydrogens (tertiary/aromatic N) is 1. The van der Waals surface area contributed by atoms with Gasteiger partial charge in [0.15, 0.2) is 0 Å². The summed E-state index contributed by atoms with van der Waals surface area (Å²) in [6, 6.07) is 4.29. The second-order valence-corrected chi connectivity index (χ2v) is 15.8. The van der Waals surface area contributed by atoms with Crippen LogP contribution >= 0.6 is 0 Å². The summed E-state index contributed by atoms with van der Waals surface area (Å²) in [6.07, 6.45) is 7.24. The van der Waals surface area contributed by atoms with Crippen LogP contribution < -0.4 is 20.5 Å². The molecule has 4 amide bonds. The molecule has 2 aliphatic carbocycles. The van der Waals surface area contributed by atoms with E-state index >= 15 is 0 Å². The van der Waals surface area contributed by atoms with Gasteiger partial charge < -0.3 is 30.2 Å². The van der Waals surface area contributed by atoms with Gasteiger partial charge in [0.1, 0.15) is 29.5 Å². The highest BCUT2D eigenvalue weighted by Gasteiger charge is 2.45. The molecular weight excluding hydrogens is 656 g/mol. The predicted molar refractivity (Wildman–Crippen MR) is 179 cm³/mol. The van der Waals surface area contributed by atoms with Crippen molar-refractivity contribution >= 4 is 39.8 Å². The first kappa shape index (κ1) is 37.7. The summed E-state index contributed by atoms with van der Waals surface area (Å²) in [5, 5.41) is 2.21. The van der Waals surface area contributed by atoms with Crippen molar-refractivity contribution in [1.29, 1.82) is 0 Å². The molecule has 5 atom stereocenters. The minimum Gasteiger partial charge on any atom is -0.497 e. The average Bonchev–Trinajstić information content (AvgIpc) is 3.96. The minimum absolute atomic E-state index is 0.0207. The minimum atomic E-state index is -3.54. The molecule has 3 fully saturated rings. The summed E-state index contributed by atoms with van der Waals surface area (Å²) in [7, 11) is -2.04. The molecule has 0 radical (unpaired) electrons. The first-order valence-electron chi connectivity index (χ1n) is 16.7. The van der Waals surface area contributed by atoms with E-state index in [1.807, 2.05) is 12.2 Å². The number of ether oxygens (including phenoxy) is 3. The molecule has 15 heteroatoms. The van der Waals surface area contributed by atoms with Crippen molar-refractivity contribution in [3.05, 3.63) is 42.0 Å². The number of allylic oxidation sites excluding steroid dienone is 2. The van der Waals surface area contributed by atoms with Crippen molar-refractivity contribution in [2.45, 2.75) is 108 Å². The van der Waals surface area contributed by atoms with Gasteiger partial charge in [-0.1, -0.05) is 25.0 Å². The van der Waals surface area contributed by atoms with E-state index in [1.165, 1.54) is 12.0 Å². The summed E-state index contributed by atoms with van der Waals surface area (Å²) in [4.78, 5) is 65.2. The lowest BCUT2D eigenvalue weighted by Crippen LogP contribution is -2.53. The molecule has 1 saturated heterocycles. The Morgan fingerprint density at radius 2 is 1.73 bits per heavy atom. The van der Waals surface area contributed by atoms with E-state index in [-0.39, 0.29) is 36.8 Å². The fourth-order valence-electron chi connectivity index (χ4n) is 5.71. The van der Waals surface area contributed by atoms with Gasteiger partial charge in [-0.2, -0.15) is 0 Å². The Morgan fingerprint density at radius 1 is 1.04 bits per heavy atom. The highest BCUT2D eigenvalue weighted by atomic mass is 32.2. The topological polar surface area (TPSA) is 200 Å². The smallest absolute Gasteiger partial charge is 0.408 e. The van der Waals surface area contributed by atoms with E-state index in [0.717, 1.165) is 19.3 Å². The van der Waals surface area contributed by atoms with Crippen molar-refractivity contribution in [1.82, 2.24) is 14.9 Å². The number of primary amides is 1. The van der Waals surface area contributed by atoms with Crippen LogP contribution in [-0.4, -0.2) is 85.8 Å². The molecule has 270 valence electrons. The molecule has 0 spiro atoms. The number of unbranched alkanes of at least 4 members (excludes halogenated alkanes) is 3. The van der Waals surface area contributed by atoms with Crippen LogP contribution in [0, 0.1) is 11.8 Å². The number of nitrogens with one attached hydrogen (secondary N) is 2. The molecule has 0 bridgehead atoms. The zero-order valence-electron chi connectivity index (χ0n) is 28.5. The number of hydrogen-bond acceptors (Lipinski definition) is 10. The molecule has 1 heterocycles. The lowest BCUT2D eigenvalue weighted by molar-refractivity contribution is -0.139. The Hall–Kier alpha value is -4.14. The van der Waals surface area contributed by atoms with Gasteiger partial charge in [0, 0.05) is 12.3 Å². The summed E-state index contributed by atoms with van der Waals surface area (Å²) in [6.45, 7) is 5.04. The Kier molecular flexibility index (Phi) is 12.3. The molecule has 1 aliphatic heterocycles. The zero-order chi connectivity index (χ0) is 35.9. The SMILES string of the molecule is COc1ccc(C(=O)O[C@@H]2C[C@@H](C(N)=O)N(C(=O)[C@H](CCCCC/C=C\[C@@H]3C[C@@H]3C(=O)NS(=O)(=O)C3CC3)NC(=O)OC(C)(C)C)C2)cc1. The summed E-state index contributed by atoms with van der Waals surface area (Å²) in [5.41, 5.74) is 5.13. The predicted octanol–water partition coefficient (Wildman–Crippen LogP) is 2.95. The Morgan fingerprint density at radius 3 is 2.35 bits per heavy atom. The van der Waals surface area contributed by atoms with Crippen molar-refractivity contribution < 1.29 is 46.6 Å². The number of alkyl carbamates (subject to hydrolysis) is 1. The van der Waals surface area contributed by atoms with Crippen LogP contribution in [-0.2, 0) is 33.9 Å². The third-order valence-electron chi connectivity index (χ3n) is 8.59. The van der Waals surface area contributed by atoms with Crippen LogP contribution in [0.2, 0.25) is 0 Å². The third kappa shape index (κ3) is 11.2. The molecule has 4 N–H and O–H groups in total. The van der Waals surface area contributed by atoms with Crippen molar-refractivity contribution in [2.24, 2.45) is 17.6 Å². The van der Waals surface area contributed by atoms with Gasteiger partial charge in [0.25, 0.3) is 0 Å². The molecule has 1 aromatic carbocycles. The van der Waals surface area contributed by atoms with Crippen molar-refractivity contribution in [3.63, 3.8) is 0 Å². The molecule has 1 aromatic rings. The normalized spacial score (nSPS) is 22.7. The number of amides is 4. The quantitative estimate of drug-likeness (QED) is 0.131. The van der Waals surface area contributed by atoms with Gasteiger partial charge in [0.2, 0.25) is 27.7 Å². The van der Waals surface area contributed by atoms with Gasteiger partial charge in [-0.05, 0) is 89.5 Å². The van der Waals surface area contributed by atoms with Crippen LogP contribution in [0.3, 0.4) is 0 Å². The fraction of sp³-hybridized carbons (Fsp3) is 0.618. The highest BCUT2D eigenvalue weighted by molar-refractivity contribution is 7.90. The van der Waals surface area contributed by atoms with Crippen molar-refractivity contribution in [2.75, 3.05) is 13.7 Å². The van der Waals surface area contributed by atoms with Gasteiger partial charge >= 0.3 is 12.1 Å². The van der Waals surface area contributed by atoms with E-state index < -0.39 is 68.8 Å². The van der Waals surface area contributed by atoms with Crippen LogP contribution in [0.15, 0.2) is 36.4 Å². The second kappa shape index (κ2) is 16.0. The van der Waals surface area contributed by atoms with Gasteiger partial charge in [-0.3, -0.25) is 19.1 Å². The molecular formula is C34H48N4O10S. The molecule has 14 nitrogen and oxygen atoms in total. The van der Waals surface area contributed by atoms with Crippen molar-refractivity contribution in [3.8, 4) is 5.75 Å². The van der Waals surface area contributed by atoms with E-state index in [0.29, 0.717) is 31.4 Å².